The number of nitrogen functional groups attached to an aromatic ring is 1. The van der Waals surface area contributed by atoms with Crippen molar-refractivity contribution < 1.29 is 4.79 Å². The highest BCUT2D eigenvalue weighted by Crippen LogP contribution is 2.30. The number of hydrogen-bond donors (Lipinski definition) is 2. The van der Waals surface area contributed by atoms with Gasteiger partial charge in [-0.15, -0.1) is 0 Å². The van der Waals surface area contributed by atoms with Crippen LogP contribution in [-0.4, -0.2) is 40.2 Å². The van der Waals surface area contributed by atoms with Gasteiger partial charge >= 0.3 is 0 Å². The van der Waals surface area contributed by atoms with Crippen molar-refractivity contribution in [1.29, 1.82) is 5.26 Å². The van der Waals surface area contributed by atoms with Crippen LogP contribution in [0.3, 0.4) is 0 Å². The van der Waals surface area contributed by atoms with Crippen LogP contribution in [0.15, 0.2) is 31.4 Å². The van der Waals surface area contributed by atoms with E-state index in [0.29, 0.717) is 24.4 Å². The second-order valence-electron chi connectivity index (χ2n) is 5.67. The number of nitriles is 1. The minimum absolute atomic E-state index is 0.00579. The first-order chi connectivity index (χ1) is 11.5. The number of rotatable bonds is 6. The van der Waals surface area contributed by atoms with Gasteiger partial charge < -0.3 is 11.5 Å². The minimum Gasteiger partial charge on any atom is -0.383 e. The Kier molecular flexibility index (Phi) is 5.55. The number of nitrogens with zero attached hydrogens (tertiary/aromatic N) is 4. The molecule has 7 heteroatoms. The minimum atomic E-state index is -0.629. The molecule has 1 aliphatic heterocycles. The van der Waals surface area contributed by atoms with Crippen LogP contribution in [0.2, 0.25) is 0 Å². The fraction of sp³-hybridized carbons (Fsp3) is 0.353. The van der Waals surface area contributed by atoms with Gasteiger partial charge in [-0.1, -0.05) is 31.4 Å². The summed E-state index contributed by atoms with van der Waals surface area (Å²) < 4.78 is 1.65. The summed E-state index contributed by atoms with van der Waals surface area (Å²) in [5.74, 6) is -0.381. The van der Waals surface area contributed by atoms with Crippen molar-refractivity contribution in [3.05, 3.63) is 42.6 Å². The average Bonchev–Trinajstić information content (AvgIpc) is 2.90. The quantitative estimate of drug-likeness (QED) is 0.607. The summed E-state index contributed by atoms with van der Waals surface area (Å²) in [4.78, 5) is 13.9. The molecule has 2 heterocycles. The van der Waals surface area contributed by atoms with Crippen LogP contribution < -0.4 is 11.5 Å². The first kappa shape index (κ1) is 17.5. The Morgan fingerprint density at radius 1 is 1.50 bits per heavy atom. The number of carbonyl (C=O) groups excluding carboxylic acids is 1. The van der Waals surface area contributed by atoms with Crippen LogP contribution in [0.25, 0.3) is 5.57 Å². The lowest BCUT2D eigenvalue weighted by atomic mass is 10.1. The third-order valence-electron chi connectivity index (χ3n) is 4.11. The van der Waals surface area contributed by atoms with E-state index in [1.165, 1.54) is 0 Å². The molecule has 0 spiro atoms. The van der Waals surface area contributed by atoms with Crippen molar-refractivity contribution >= 4 is 17.3 Å². The molecule has 24 heavy (non-hydrogen) atoms. The van der Waals surface area contributed by atoms with Crippen molar-refractivity contribution in [1.82, 2.24) is 14.7 Å². The Labute approximate surface area is 141 Å². The second-order valence-corrected chi connectivity index (χ2v) is 5.67. The third kappa shape index (κ3) is 3.39. The maximum absolute atomic E-state index is 11.9. The predicted molar refractivity (Wildman–Crippen MR) is 93.9 cm³/mol. The van der Waals surface area contributed by atoms with Gasteiger partial charge in [0.1, 0.15) is 17.1 Å². The van der Waals surface area contributed by atoms with E-state index in [1.54, 1.807) is 22.9 Å². The van der Waals surface area contributed by atoms with Crippen LogP contribution in [0.5, 0.6) is 0 Å². The number of allylic oxidation sites excluding steroid dienone is 4. The zero-order valence-corrected chi connectivity index (χ0v) is 13.6. The summed E-state index contributed by atoms with van der Waals surface area (Å²) >= 11 is 0. The van der Waals surface area contributed by atoms with Gasteiger partial charge in [-0.25, -0.2) is 4.68 Å². The Bertz CT molecular complexity index is 724. The van der Waals surface area contributed by atoms with Crippen molar-refractivity contribution in [2.45, 2.75) is 18.9 Å². The monoisotopic (exact) mass is 326 g/mol. The normalized spacial score (nSPS) is 18.8. The van der Waals surface area contributed by atoms with E-state index in [4.69, 9.17) is 16.7 Å². The molecular formula is C17H22N6O. The van der Waals surface area contributed by atoms with Gasteiger partial charge in [-0.05, 0) is 19.4 Å². The molecule has 126 valence electrons. The van der Waals surface area contributed by atoms with Gasteiger partial charge in [-0.2, -0.15) is 10.4 Å². The van der Waals surface area contributed by atoms with Crippen molar-refractivity contribution in [2.24, 2.45) is 5.73 Å². The molecule has 2 rings (SSSR count). The average molecular weight is 326 g/mol. The number of hydrogen-bond acceptors (Lipinski definition) is 5. The largest absolute Gasteiger partial charge is 0.383 e. The van der Waals surface area contributed by atoms with Gasteiger partial charge in [-0.3, -0.25) is 9.69 Å². The van der Waals surface area contributed by atoms with E-state index >= 15 is 0 Å². The molecule has 0 saturated carbocycles. The van der Waals surface area contributed by atoms with Crippen LogP contribution in [0, 0.1) is 11.3 Å². The number of carbonyl (C=O) groups is 1. The van der Waals surface area contributed by atoms with Crippen LogP contribution >= 0.6 is 0 Å². The van der Waals surface area contributed by atoms with Crippen LogP contribution in [0.4, 0.5) is 5.82 Å². The van der Waals surface area contributed by atoms with Crippen molar-refractivity contribution in [3.63, 3.8) is 0 Å². The highest BCUT2D eigenvalue weighted by molar-refractivity contribution is 6.02. The molecule has 1 unspecified atom stereocenters. The Balaban J connectivity index is 2.47. The van der Waals surface area contributed by atoms with E-state index in [9.17, 15) is 4.79 Å². The zero-order chi connectivity index (χ0) is 17.7. The molecule has 1 aromatic heterocycles. The number of amides is 1. The van der Waals surface area contributed by atoms with Crippen LogP contribution in [-0.2, 0) is 0 Å². The van der Waals surface area contributed by atoms with Crippen LogP contribution in [0.1, 0.15) is 34.9 Å². The summed E-state index contributed by atoms with van der Waals surface area (Å²) in [6.45, 7) is 9.29. The molecular weight excluding hydrogens is 304 g/mol. The zero-order valence-electron chi connectivity index (χ0n) is 13.6. The summed E-state index contributed by atoms with van der Waals surface area (Å²) in [6.07, 6.45) is 6.69. The molecule has 0 bridgehead atoms. The number of piperidine rings is 1. The number of aromatic nitrogens is 2. The summed E-state index contributed by atoms with van der Waals surface area (Å²) in [6, 6.07) is 2.15. The van der Waals surface area contributed by atoms with E-state index < -0.39 is 5.91 Å². The van der Waals surface area contributed by atoms with E-state index in [-0.39, 0.29) is 17.4 Å². The number of likely N-dealkylation sites (tertiary alicyclic amines) is 1. The highest BCUT2D eigenvalue weighted by atomic mass is 16.1. The van der Waals surface area contributed by atoms with Gasteiger partial charge in [0.15, 0.2) is 0 Å². The van der Waals surface area contributed by atoms with Crippen molar-refractivity contribution in [3.8, 4) is 6.07 Å². The molecule has 1 fully saturated rings. The fourth-order valence-corrected chi connectivity index (χ4v) is 3.02. The van der Waals surface area contributed by atoms with Crippen molar-refractivity contribution in [2.75, 3.05) is 25.4 Å². The lowest BCUT2D eigenvalue weighted by Crippen LogP contribution is -2.37. The first-order valence-electron chi connectivity index (χ1n) is 7.76. The molecule has 1 amide bonds. The highest BCUT2D eigenvalue weighted by Gasteiger charge is 2.28. The smallest absolute Gasteiger partial charge is 0.254 e. The molecule has 0 aromatic carbocycles. The first-order valence-corrected chi connectivity index (χ1v) is 7.76. The topological polar surface area (TPSA) is 114 Å². The summed E-state index contributed by atoms with van der Waals surface area (Å²) in [5.41, 5.74) is 12.9. The van der Waals surface area contributed by atoms with E-state index in [1.807, 2.05) is 4.90 Å². The predicted octanol–water partition coefficient (Wildman–Crippen LogP) is 1.48. The third-order valence-corrected chi connectivity index (χ3v) is 4.11. The van der Waals surface area contributed by atoms with Gasteiger partial charge in [0, 0.05) is 12.1 Å². The lowest BCUT2D eigenvalue weighted by molar-refractivity contribution is 0.100. The molecule has 1 aromatic rings. The summed E-state index contributed by atoms with van der Waals surface area (Å²) in [5, 5.41) is 13.4. The second kappa shape index (κ2) is 7.62. The number of nitrogens with two attached hydrogens (primary N) is 2. The maximum Gasteiger partial charge on any atom is 0.254 e. The SMILES string of the molecule is C=C/C=C(\C=C)c1nn(C2CCCN(CC#N)C2)c(N)c1C(N)=O. The molecule has 1 atom stereocenters. The molecule has 0 radical (unpaired) electrons. The lowest BCUT2D eigenvalue weighted by Gasteiger charge is -2.31. The van der Waals surface area contributed by atoms with Gasteiger partial charge in [0.25, 0.3) is 5.91 Å². The molecule has 1 aliphatic rings. The Hall–Kier alpha value is -2.85. The fourth-order valence-electron chi connectivity index (χ4n) is 3.02. The van der Waals surface area contributed by atoms with E-state index in [0.717, 1.165) is 19.4 Å². The van der Waals surface area contributed by atoms with E-state index in [2.05, 4.69) is 24.3 Å². The Morgan fingerprint density at radius 3 is 2.83 bits per heavy atom. The summed E-state index contributed by atoms with van der Waals surface area (Å²) in [7, 11) is 0. The molecule has 4 N–H and O–H groups in total. The maximum atomic E-state index is 11.9. The molecule has 7 nitrogen and oxygen atoms in total. The van der Waals surface area contributed by atoms with Gasteiger partial charge in [0.05, 0.1) is 18.7 Å². The van der Waals surface area contributed by atoms with Gasteiger partial charge in [0.2, 0.25) is 0 Å². The number of anilines is 1. The molecule has 1 saturated heterocycles. The molecule has 0 aliphatic carbocycles. The number of primary amides is 1. The standard InChI is InChI=1S/C17H22N6O/c1-3-6-12(4-2)15-14(17(20)24)16(19)23(21-15)13-7-5-9-22(11-13)10-8-18/h3-4,6,13H,1-2,5,7,9-11,19H2,(H2,20,24)/b12-6+. The Morgan fingerprint density at radius 2 is 2.25 bits per heavy atom.